The maximum absolute atomic E-state index is 13.1. The first-order valence-corrected chi connectivity index (χ1v) is 14.9. The van der Waals surface area contributed by atoms with Crippen LogP contribution in [0.2, 0.25) is 0 Å². The number of nitrogens with one attached hydrogen (secondary N) is 5. The van der Waals surface area contributed by atoms with Gasteiger partial charge in [-0.25, -0.2) is 4.79 Å². The van der Waals surface area contributed by atoms with Gasteiger partial charge < -0.3 is 48.3 Å². The Morgan fingerprint density at radius 3 is 1.84 bits per heavy atom. The fourth-order valence-electron chi connectivity index (χ4n) is 4.07. The van der Waals surface area contributed by atoms with E-state index in [0.29, 0.717) is 25.8 Å². The number of amides is 5. The second-order valence-corrected chi connectivity index (χ2v) is 11.5. The zero-order valence-electron chi connectivity index (χ0n) is 26.3. The van der Waals surface area contributed by atoms with Crippen LogP contribution in [0.3, 0.4) is 0 Å². The van der Waals surface area contributed by atoms with E-state index in [1.165, 1.54) is 0 Å². The molecule has 5 amide bonds. The lowest BCUT2D eigenvalue weighted by atomic mass is 9.96. The molecule has 11 N–H and O–H groups in total. The van der Waals surface area contributed by atoms with Crippen molar-refractivity contribution in [2.24, 2.45) is 29.2 Å². The van der Waals surface area contributed by atoms with Gasteiger partial charge in [-0.15, -0.1) is 0 Å². The summed E-state index contributed by atoms with van der Waals surface area (Å²) < 4.78 is 0. The van der Waals surface area contributed by atoms with Gasteiger partial charge >= 0.3 is 5.97 Å². The Morgan fingerprint density at radius 1 is 0.767 bits per heavy atom. The van der Waals surface area contributed by atoms with E-state index in [2.05, 4.69) is 26.6 Å². The molecule has 6 atom stereocenters. The third kappa shape index (κ3) is 15.1. The summed E-state index contributed by atoms with van der Waals surface area (Å²) in [7, 11) is 0. The fraction of sp³-hybridized carbons (Fsp3) is 0.786. The molecular formula is C28H53N7O8. The van der Waals surface area contributed by atoms with Crippen LogP contribution in [0.1, 0.15) is 73.6 Å². The quantitative estimate of drug-likeness (QED) is 0.0663. The molecule has 0 radical (unpaired) electrons. The van der Waals surface area contributed by atoms with Crippen molar-refractivity contribution in [2.75, 3.05) is 19.7 Å². The molecule has 0 aromatic rings. The minimum absolute atomic E-state index is 0.00212. The van der Waals surface area contributed by atoms with Gasteiger partial charge in [0.1, 0.15) is 30.2 Å². The number of hydrogen-bond donors (Lipinski definition) is 9. The predicted molar refractivity (Wildman–Crippen MR) is 160 cm³/mol. The van der Waals surface area contributed by atoms with Crippen molar-refractivity contribution in [3.8, 4) is 0 Å². The summed E-state index contributed by atoms with van der Waals surface area (Å²) in [6.07, 6.45) is 2.05. The first-order chi connectivity index (χ1) is 20.1. The molecule has 0 bridgehead atoms. The Morgan fingerprint density at radius 2 is 1.35 bits per heavy atom. The van der Waals surface area contributed by atoms with Crippen LogP contribution in [0.4, 0.5) is 0 Å². The number of rotatable bonds is 21. The van der Waals surface area contributed by atoms with Gasteiger partial charge in [0, 0.05) is 0 Å². The summed E-state index contributed by atoms with van der Waals surface area (Å²) in [6, 6.07) is -5.47. The van der Waals surface area contributed by atoms with Crippen molar-refractivity contribution in [2.45, 2.75) is 104 Å². The SMILES string of the molecule is CC[C@H](C)[C@H](NC(=O)[C@H](CC(C)C)NC(=O)[C@H](N)CO)C(=O)NCC(=O)N[C@@H](CCCCN)C(=O)N[C@H](C(=O)O)C(C)C. The zero-order chi connectivity index (χ0) is 33.3. The highest BCUT2D eigenvalue weighted by Crippen LogP contribution is 2.11. The average molecular weight is 616 g/mol. The van der Waals surface area contributed by atoms with E-state index >= 15 is 0 Å². The van der Waals surface area contributed by atoms with Gasteiger partial charge in [0.15, 0.2) is 0 Å². The van der Waals surface area contributed by atoms with Crippen LogP contribution in [0.25, 0.3) is 0 Å². The van der Waals surface area contributed by atoms with Gasteiger partial charge in [0.2, 0.25) is 29.5 Å². The molecule has 43 heavy (non-hydrogen) atoms. The van der Waals surface area contributed by atoms with Gasteiger partial charge in [0.05, 0.1) is 13.2 Å². The topological polar surface area (TPSA) is 255 Å². The fourth-order valence-corrected chi connectivity index (χ4v) is 4.07. The molecule has 0 saturated carbocycles. The van der Waals surface area contributed by atoms with Crippen LogP contribution in [0.15, 0.2) is 0 Å². The number of carboxylic acids is 1. The van der Waals surface area contributed by atoms with Gasteiger partial charge in [-0.05, 0) is 50.0 Å². The first kappa shape index (κ1) is 39.7. The van der Waals surface area contributed by atoms with Crippen molar-refractivity contribution in [3.05, 3.63) is 0 Å². The van der Waals surface area contributed by atoms with E-state index in [1.54, 1.807) is 20.8 Å². The Labute approximate surface area is 254 Å². The maximum atomic E-state index is 13.1. The van der Waals surface area contributed by atoms with Crippen LogP contribution < -0.4 is 38.1 Å². The number of nitrogens with two attached hydrogens (primary N) is 2. The summed E-state index contributed by atoms with van der Waals surface area (Å²) in [5, 5.41) is 31.2. The van der Waals surface area contributed by atoms with E-state index in [0.717, 1.165) is 0 Å². The normalized spacial score (nSPS) is 15.4. The number of hydrogen-bond acceptors (Lipinski definition) is 9. The Kier molecular flexibility index (Phi) is 19.0. The number of aliphatic carboxylic acids is 1. The van der Waals surface area contributed by atoms with Crippen molar-refractivity contribution in [3.63, 3.8) is 0 Å². The maximum Gasteiger partial charge on any atom is 0.326 e. The number of aliphatic hydroxyl groups is 1. The molecular weight excluding hydrogens is 562 g/mol. The van der Waals surface area contributed by atoms with Crippen LogP contribution in [-0.2, 0) is 28.8 Å². The van der Waals surface area contributed by atoms with E-state index in [-0.39, 0.29) is 24.7 Å². The molecule has 0 unspecified atom stereocenters. The summed E-state index contributed by atoms with van der Waals surface area (Å²) in [5.74, 6) is -5.26. The van der Waals surface area contributed by atoms with Gasteiger partial charge in [-0.1, -0.05) is 48.0 Å². The van der Waals surface area contributed by atoms with Crippen LogP contribution in [0, 0.1) is 17.8 Å². The molecule has 15 nitrogen and oxygen atoms in total. The Hall–Kier alpha value is -3.30. The lowest BCUT2D eigenvalue weighted by Crippen LogP contribution is -2.58. The molecule has 0 aromatic carbocycles. The van der Waals surface area contributed by atoms with Crippen molar-refractivity contribution < 1.29 is 39.0 Å². The lowest BCUT2D eigenvalue weighted by molar-refractivity contribution is -0.143. The summed E-state index contributed by atoms with van der Waals surface area (Å²) in [5.41, 5.74) is 11.1. The van der Waals surface area contributed by atoms with E-state index < -0.39 is 84.8 Å². The first-order valence-electron chi connectivity index (χ1n) is 14.9. The third-order valence-corrected chi connectivity index (χ3v) is 6.92. The number of carboxylic acid groups (broad SMARTS) is 1. The lowest BCUT2D eigenvalue weighted by Gasteiger charge is -2.27. The highest BCUT2D eigenvalue weighted by atomic mass is 16.4. The number of unbranched alkanes of at least 4 members (excludes halogenated alkanes) is 1. The van der Waals surface area contributed by atoms with Crippen molar-refractivity contribution >= 4 is 35.5 Å². The van der Waals surface area contributed by atoms with Gasteiger partial charge in [-0.3, -0.25) is 24.0 Å². The summed E-state index contributed by atoms with van der Waals surface area (Å²) in [4.78, 5) is 75.7. The van der Waals surface area contributed by atoms with E-state index in [1.807, 2.05) is 20.8 Å². The Balaban J connectivity index is 5.55. The molecule has 0 fully saturated rings. The molecule has 0 aromatic heterocycles. The highest BCUT2D eigenvalue weighted by molar-refractivity contribution is 5.95. The second-order valence-electron chi connectivity index (χ2n) is 11.5. The summed E-state index contributed by atoms with van der Waals surface area (Å²) >= 11 is 0. The Bertz CT molecular complexity index is 931. The van der Waals surface area contributed by atoms with E-state index in [9.17, 15) is 33.9 Å². The standard InChI is InChI=1S/C28H53N7O8/c1-7-17(6)23(35-26(40)20(12-15(2)3)33-24(38)18(30)14-36)27(41)31-13-21(37)32-19(10-8-9-11-29)25(39)34-22(16(4)5)28(42)43/h15-20,22-23,36H,7-14,29-30H2,1-6H3,(H,31,41)(H,32,37)(H,33,38)(H,34,39)(H,35,40)(H,42,43)/t17-,18+,19-,20-,22-,23-/m0/s1. The smallest absolute Gasteiger partial charge is 0.326 e. The highest BCUT2D eigenvalue weighted by Gasteiger charge is 2.32. The number of aliphatic hydroxyl groups excluding tert-OH is 1. The monoisotopic (exact) mass is 615 g/mol. The van der Waals surface area contributed by atoms with Crippen LogP contribution in [-0.4, -0.2) is 95.6 Å². The molecule has 0 saturated heterocycles. The molecule has 248 valence electrons. The largest absolute Gasteiger partial charge is 0.480 e. The predicted octanol–water partition coefficient (Wildman–Crippen LogP) is -1.68. The second kappa shape index (κ2) is 20.6. The molecule has 15 heteroatoms. The molecule has 0 aliphatic heterocycles. The zero-order valence-corrected chi connectivity index (χ0v) is 26.3. The molecule has 0 heterocycles. The van der Waals surface area contributed by atoms with E-state index in [4.69, 9.17) is 16.6 Å². The van der Waals surface area contributed by atoms with Crippen molar-refractivity contribution in [1.82, 2.24) is 26.6 Å². The summed E-state index contributed by atoms with van der Waals surface area (Å²) in [6.45, 7) is 9.83. The average Bonchev–Trinajstić information content (AvgIpc) is 2.94. The van der Waals surface area contributed by atoms with Crippen LogP contribution in [0.5, 0.6) is 0 Å². The van der Waals surface area contributed by atoms with Crippen LogP contribution >= 0.6 is 0 Å². The number of carbonyl (C=O) groups is 6. The number of carbonyl (C=O) groups excluding carboxylic acids is 5. The molecule has 0 aliphatic rings. The van der Waals surface area contributed by atoms with Gasteiger partial charge in [0.25, 0.3) is 0 Å². The minimum atomic E-state index is -1.21. The molecule has 0 aliphatic carbocycles. The van der Waals surface area contributed by atoms with Crippen molar-refractivity contribution in [1.29, 1.82) is 0 Å². The minimum Gasteiger partial charge on any atom is -0.480 e. The molecule has 0 spiro atoms. The van der Waals surface area contributed by atoms with Gasteiger partial charge in [-0.2, -0.15) is 0 Å². The molecule has 0 rings (SSSR count). The third-order valence-electron chi connectivity index (χ3n) is 6.92.